The van der Waals surface area contributed by atoms with Crippen LogP contribution in [-0.2, 0) is 4.79 Å². The van der Waals surface area contributed by atoms with E-state index in [4.69, 9.17) is 21.5 Å². The second-order valence-corrected chi connectivity index (χ2v) is 3.23. The van der Waals surface area contributed by atoms with Gasteiger partial charge in [0.05, 0.1) is 5.92 Å². The third kappa shape index (κ3) is 2.79. The summed E-state index contributed by atoms with van der Waals surface area (Å²) in [5.41, 5.74) is 11.6. The lowest BCUT2D eigenvalue weighted by molar-refractivity contribution is -0.119. The normalized spacial score (nSPS) is 12.2. The van der Waals surface area contributed by atoms with Crippen LogP contribution in [0.15, 0.2) is 24.3 Å². The van der Waals surface area contributed by atoms with Gasteiger partial charge < -0.3 is 21.5 Å². The van der Waals surface area contributed by atoms with Gasteiger partial charge in [0.2, 0.25) is 5.91 Å². The molecule has 6 heteroatoms. The van der Waals surface area contributed by atoms with Crippen LogP contribution in [0.25, 0.3) is 0 Å². The smallest absolute Gasteiger partial charge is 0.423 e. The number of primary amides is 1. The van der Waals surface area contributed by atoms with Gasteiger partial charge in [-0.25, -0.2) is 0 Å². The maximum Gasteiger partial charge on any atom is 0.488 e. The Morgan fingerprint density at radius 1 is 1.33 bits per heavy atom. The monoisotopic (exact) mass is 208 g/mol. The molecule has 1 aromatic rings. The second kappa shape index (κ2) is 4.93. The van der Waals surface area contributed by atoms with Crippen LogP contribution in [0, 0.1) is 0 Å². The van der Waals surface area contributed by atoms with Gasteiger partial charge in [0.25, 0.3) is 0 Å². The van der Waals surface area contributed by atoms with E-state index in [1.165, 1.54) is 12.1 Å². The largest absolute Gasteiger partial charge is 0.488 e. The Labute approximate surface area is 87.8 Å². The molecule has 15 heavy (non-hydrogen) atoms. The molecule has 1 aromatic carbocycles. The first kappa shape index (κ1) is 11.7. The lowest BCUT2D eigenvalue weighted by Gasteiger charge is -2.11. The van der Waals surface area contributed by atoms with Gasteiger partial charge in [-0.1, -0.05) is 24.3 Å². The Hall–Kier alpha value is -1.37. The molecule has 1 unspecified atom stereocenters. The first-order chi connectivity index (χ1) is 7.06. The summed E-state index contributed by atoms with van der Waals surface area (Å²) in [4.78, 5) is 11.0. The van der Waals surface area contributed by atoms with Gasteiger partial charge in [0.15, 0.2) is 0 Å². The fraction of sp³-hybridized carbons (Fsp3) is 0.222. The summed E-state index contributed by atoms with van der Waals surface area (Å²) in [6.45, 7) is 0.135. The van der Waals surface area contributed by atoms with Crippen molar-refractivity contribution in [3.8, 4) is 0 Å². The zero-order chi connectivity index (χ0) is 11.4. The minimum Gasteiger partial charge on any atom is -0.423 e. The quantitative estimate of drug-likeness (QED) is 0.424. The van der Waals surface area contributed by atoms with Crippen LogP contribution in [0.1, 0.15) is 11.5 Å². The summed E-state index contributed by atoms with van der Waals surface area (Å²) >= 11 is 0. The summed E-state index contributed by atoms with van der Waals surface area (Å²) in [5.74, 6) is -1.02. The van der Waals surface area contributed by atoms with E-state index in [2.05, 4.69) is 0 Å². The molecule has 0 radical (unpaired) electrons. The van der Waals surface area contributed by atoms with E-state index in [-0.39, 0.29) is 6.54 Å². The maximum absolute atomic E-state index is 11.0. The highest BCUT2D eigenvalue weighted by molar-refractivity contribution is 6.58. The van der Waals surface area contributed by atoms with Crippen molar-refractivity contribution in [1.82, 2.24) is 0 Å². The highest BCUT2D eigenvalue weighted by Gasteiger charge is 2.17. The summed E-state index contributed by atoms with van der Waals surface area (Å²) in [5, 5.41) is 17.7. The first-order valence-corrected chi connectivity index (χ1v) is 4.51. The molecule has 5 nitrogen and oxygen atoms in total. The third-order valence-corrected chi connectivity index (χ3v) is 2.22. The van der Waals surface area contributed by atoms with E-state index in [0.717, 1.165) is 0 Å². The number of hydrogen-bond donors (Lipinski definition) is 4. The number of nitrogens with two attached hydrogens (primary N) is 2. The molecular formula is C9H13BN2O3. The molecule has 80 valence electrons. The predicted octanol–water partition coefficient (Wildman–Crippen LogP) is -2.11. The molecule has 0 aromatic heterocycles. The van der Waals surface area contributed by atoms with Gasteiger partial charge in [-0.2, -0.15) is 0 Å². The van der Waals surface area contributed by atoms with E-state index in [9.17, 15) is 4.79 Å². The fourth-order valence-corrected chi connectivity index (χ4v) is 1.32. The molecule has 1 rings (SSSR count). The maximum atomic E-state index is 11.0. The molecule has 0 aliphatic heterocycles. The zero-order valence-corrected chi connectivity index (χ0v) is 8.13. The van der Waals surface area contributed by atoms with E-state index in [1.54, 1.807) is 12.1 Å². The lowest BCUT2D eigenvalue weighted by atomic mass is 9.79. The highest BCUT2D eigenvalue weighted by Crippen LogP contribution is 2.12. The molecule has 0 fully saturated rings. The van der Waals surface area contributed by atoms with Crippen molar-refractivity contribution in [1.29, 1.82) is 0 Å². The van der Waals surface area contributed by atoms with Gasteiger partial charge >= 0.3 is 7.12 Å². The van der Waals surface area contributed by atoms with Crippen LogP contribution in [-0.4, -0.2) is 29.6 Å². The molecule has 0 heterocycles. The van der Waals surface area contributed by atoms with E-state index in [1.807, 2.05) is 0 Å². The average molecular weight is 208 g/mol. The van der Waals surface area contributed by atoms with Crippen molar-refractivity contribution in [2.24, 2.45) is 11.5 Å². The topological polar surface area (TPSA) is 110 Å². The van der Waals surface area contributed by atoms with E-state index >= 15 is 0 Å². The first-order valence-electron chi connectivity index (χ1n) is 4.51. The molecule has 0 spiro atoms. The number of rotatable bonds is 4. The van der Waals surface area contributed by atoms with Crippen LogP contribution in [0.4, 0.5) is 0 Å². The Bertz CT molecular complexity index is 340. The van der Waals surface area contributed by atoms with Crippen LogP contribution >= 0.6 is 0 Å². The SMILES string of the molecule is NCC(C(N)=O)c1ccc(B(O)O)cc1. The van der Waals surface area contributed by atoms with Crippen molar-refractivity contribution in [3.63, 3.8) is 0 Å². The third-order valence-electron chi connectivity index (χ3n) is 2.22. The minimum atomic E-state index is -1.51. The van der Waals surface area contributed by atoms with Gasteiger partial charge in [-0.05, 0) is 11.0 Å². The highest BCUT2D eigenvalue weighted by atomic mass is 16.4. The summed E-state index contributed by atoms with van der Waals surface area (Å²) in [6, 6.07) is 6.26. The number of hydrogen-bond acceptors (Lipinski definition) is 4. The number of benzene rings is 1. The number of carbonyl (C=O) groups excluding carboxylic acids is 1. The summed E-state index contributed by atoms with van der Waals surface area (Å²) in [6.07, 6.45) is 0. The fourth-order valence-electron chi connectivity index (χ4n) is 1.32. The van der Waals surface area contributed by atoms with Crippen LogP contribution in [0.3, 0.4) is 0 Å². The minimum absolute atomic E-state index is 0.135. The Kier molecular flexibility index (Phi) is 3.84. The van der Waals surface area contributed by atoms with E-state index < -0.39 is 18.9 Å². The Morgan fingerprint density at radius 2 is 1.87 bits per heavy atom. The van der Waals surface area contributed by atoms with Crippen LogP contribution in [0.2, 0.25) is 0 Å². The van der Waals surface area contributed by atoms with Crippen LogP contribution < -0.4 is 16.9 Å². The predicted molar refractivity (Wildman–Crippen MR) is 57.3 cm³/mol. The average Bonchev–Trinajstić information content (AvgIpc) is 2.19. The lowest BCUT2D eigenvalue weighted by Crippen LogP contribution is -2.31. The van der Waals surface area contributed by atoms with Gasteiger partial charge in [0.1, 0.15) is 0 Å². The van der Waals surface area contributed by atoms with Gasteiger partial charge in [0, 0.05) is 6.54 Å². The Morgan fingerprint density at radius 3 is 2.20 bits per heavy atom. The standard InChI is InChI=1S/C9H13BN2O3/c11-5-8(9(12)13)6-1-3-7(4-2-6)10(14)15/h1-4,8,14-15H,5,11H2,(H2,12,13). The molecule has 0 bridgehead atoms. The second-order valence-electron chi connectivity index (χ2n) is 3.23. The number of carbonyl (C=O) groups is 1. The molecule has 1 atom stereocenters. The van der Waals surface area contributed by atoms with Gasteiger partial charge in [-0.15, -0.1) is 0 Å². The molecule has 0 aliphatic carbocycles. The van der Waals surface area contributed by atoms with Crippen molar-refractivity contribution in [3.05, 3.63) is 29.8 Å². The van der Waals surface area contributed by atoms with Crippen molar-refractivity contribution >= 4 is 18.5 Å². The number of amides is 1. The molecule has 6 N–H and O–H groups in total. The van der Waals surface area contributed by atoms with Crippen molar-refractivity contribution in [2.45, 2.75) is 5.92 Å². The molecule has 0 aliphatic rings. The zero-order valence-electron chi connectivity index (χ0n) is 8.13. The summed E-state index contributed by atoms with van der Waals surface area (Å²) < 4.78 is 0. The molecule has 1 amide bonds. The van der Waals surface area contributed by atoms with Crippen LogP contribution in [0.5, 0.6) is 0 Å². The summed E-state index contributed by atoms with van der Waals surface area (Å²) in [7, 11) is -1.51. The Balaban J connectivity index is 2.92. The molecule has 0 saturated carbocycles. The van der Waals surface area contributed by atoms with Crippen molar-refractivity contribution in [2.75, 3.05) is 6.54 Å². The van der Waals surface area contributed by atoms with Gasteiger partial charge in [-0.3, -0.25) is 4.79 Å². The molecular weight excluding hydrogens is 195 g/mol. The van der Waals surface area contributed by atoms with E-state index in [0.29, 0.717) is 11.0 Å². The van der Waals surface area contributed by atoms with Crippen molar-refractivity contribution < 1.29 is 14.8 Å². The molecule has 0 saturated heterocycles.